The number of hydrogen-bond acceptors (Lipinski definition) is 13. The number of anilines is 2. The van der Waals surface area contributed by atoms with Gasteiger partial charge in [-0.05, 0) is 142 Å². The van der Waals surface area contributed by atoms with Crippen molar-refractivity contribution < 1.29 is 42.0 Å². The molecule has 408 valence electrons. The van der Waals surface area contributed by atoms with E-state index in [9.17, 15) is 37.3 Å². The van der Waals surface area contributed by atoms with Gasteiger partial charge >= 0.3 is 5.97 Å². The molecule has 2 atom stereocenters. The minimum atomic E-state index is -4.17. The number of rotatable bonds is 26. The van der Waals surface area contributed by atoms with E-state index in [4.69, 9.17) is 14.8 Å². The first kappa shape index (κ1) is 55.9. The van der Waals surface area contributed by atoms with Crippen molar-refractivity contribution in [2.75, 3.05) is 59.7 Å². The van der Waals surface area contributed by atoms with Crippen LogP contribution in [0.4, 0.5) is 10.9 Å². The molecule has 4 fully saturated rings. The summed E-state index contributed by atoms with van der Waals surface area (Å²) >= 11 is 3.45. The van der Waals surface area contributed by atoms with Gasteiger partial charge in [-0.3, -0.25) is 33.8 Å². The number of fused-ring (bicyclic) bond motifs is 2. The number of amides is 2. The number of para-hydroxylation sites is 1. The molecule has 5 aromatic rings. The standard InChI is InChI=1S/C56H71IN8O9S2/c1-38-43(41-18-19-47(61-49(41)51(69)70)64-23-20-39-12-11-15-42(44(39)30-64)50(68)62-52-60-45-16-6-7-17-46(45)75-52)29-59-65(38)37-55-32-53(2)31-54(3,33-55)35-56(34-53,36-55)74-26-24-63(25-27-76(71,72)73)22-10-8-14-40(66)13-5-4-9-21-58-48(67)28-57/h6-7,11-12,15-19,29H,4-5,8-10,13-14,20-28,30-37H2,1-3H3,(H,58,67)(H,69,70)(H,60,62,68)(H,71,72,73). The van der Waals surface area contributed by atoms with Crippen molar-refractivity contribution >= 4 is 88.8 Å². The topological polar surface area (TPSA) is 226 Å². The van der Waals surface area contributed by atoms with Crippen LogP contribution in [0.1, 0.15) is 135 Å². The average molecular weight is 1190 g/mol. The molecule has 0 saturated heterocycles. The lowest BCUT2D eigenvalue weighted by atomic mass is 9.39. The molecule has 0 radical (unpaired) electrons. The molecule has 17 nitrogen and oxygen atoms in total. The number of alkyl halides is 1. The van der Waals surface area contributed by atoms with Crippen LogP contribution in [0.5, 0.6) is 0 Å². The quantitative estimate of drug-likeness (QED) is 0.0175. The predicted octanol–water partition coefficient (Wildman–Crippen LogP) is 9.55. The summed E-state index contributed by atoms with van der Waals surface area (Å²) in [5.41, 5.74) is 4.89. The summed E-state index contributed by atoms with van der Waals surface area (Å²) in [5.74, 6) is -1.02. The first-order chi connectivity index (χ1) is 36.2. The van der Waals surface area contributed by atoms with Gasteiger partial charge in [-0.2, -0.15) is 13.5 Å². The third-order valence-electron chi connectivity index (χ3n) is 16.2. The van der Waals surface area contributed by atoms with Crippen LogP contribution in [0.25, 0.3) is 21.3 Å². The SMILES string of the molecule is Cc1c(-c2ccc(N3CCc4cccc(C(=O)Nc5nc6ccccc6s5)c4C3)nc2C(=O)O)cnn1CC12CC3(C)CC(C)(C1)CC(OCCN(CCCCC(=O)CCCCCNC(=O)CI)CCS(=O)(=O)O)(C3)C2. The summed E-state index contributed by atoms with van der Waals surface area (Å²) in [5, 5.41) is 22.0. The van der Waals surface area contributed by atoms with Crippen LogP contribution >= 0.6 is 33.9 Å². The molecule has 20 heteroatoms. The molecule has 4 bridgehead atoms. The molecule has 1 aliphatic heterocycles. The zero-order valence-electron chi connectivity index (χ0n) is 43.9. The van der Waals surface area contributed by atoms with Gasteiger partial charge in [0.2, 0.25) is 5.91 Å². The molecule has 2 amide bonds. The van der Waals surface area contributed by atoms with E-state index in [-0.39, 0.29) is 57.4 Å². The fraction of sp³-hybridized carbons (Fsp3) is 0.554. The maximum atomic E-state index is 13.7. The van der Waals surface area contributed by atoms with E-state index in [1.165, 1.54) is 11.3 Å². The highest BCUT2D eigenvalue weighted by Gasteiger charge is 2.66. The van der Waals surface area contributed by atoms with Crippen LogP contribution < -0.4 is 15.5 Å². The highest BCUT2D eigenvalue weighted by atomic mass is 127. The number of hydrogen-bond donors (Lipinski definition) is 4. The number of pyridine rings is 1. The third-order valence-corrected chi connectivity index (χ3v) is 18.6. The van der Waals surface area contributed by atoms with E-state index in [1.54, 1.807) is 6.20 Å². The maximum Gasteiger partial charge on any atom is 0.355 e. The van der Waals surface area contributed by atoms with Gasteiger partial charge in [0.05, 0.1) is 38.8 Å². The molecule has 2 aromatic carbocycles. The number of nitrogens with zero attached hydrogens (tertiary/aromatic N) is 6. The zero-order chi connectivity index (χ0) is 53.9. The largest absolute Gasteiger partial charge is 0.476 e. The van der Waals surface area contributed by atoms with Crippen LogP contribution in [0.3, 0.4) is 0 Å². The van der Waals surface area contributed by atoms with Crippen LogP contribution in [-0.4, -0.2) is 121 Å². The van der Waals surface area contributed by atoms with Gasteiger partial charge in [0.25, 0.3) is 16.0 Å². The van der Waals surface area contributed by atoms with E-state index >= 15 is 0 Å². The number of aromatic nitrogens is 4. The number of ether oxygens (including phenoxy) is 1. The molecule has 2 unspecified atom stereocenters. The Balaban J connectivity index is 0.839. The number of carbonyl (C=O) groups is 4. The Morgan fingerprint density at radius 1 is 0.868 bits per heavy atom. The number of thiazole rings is 1. The van der Waals surface area contributed by atoms with Crippen LogP contribution in [0.2, 0.25) is 0 Å². The van der Waals surface area contributed by atoms with Gasteiger partial charge in [0.15, 0.2) is 10.8 Å². The Bertz CT molecular complexity index is 3040. The molecule has 4 saturated carbocycles. The van der Waals surface area contributed by atoms with Crippen molar-refractivity contribution in [1.29, 1.82) is 0 Å². The average Bonchev–Trinajstić information content (AvgIpc) is 3.95. The minimum absolute atomic E-state index is 0.0222. The molecule has 76 heavy (non-hydrogen) atoms. The van der Waals surface area contributed by atoms with Gasteiger partial charge < -0.3 is 20.1 Å². The molecule has 4 heterocycles. The second-order valence-corrected chi connectivity index (χ2v) is 26.2. The number of nitrogens with one attached hydrogen (secondary N) is 2. The molecular weight excluding hydrogens is 1120 g/mol. The van der Waals surface area contributed by atoms with Crippen molar-refractivity contribution in [3.8, 4) is 11.1 Å². The maximum absolute atomic E-state index is 13.7. The first-order valence-electron chi connectivity index (χ1n) is 26.7. The second kappa shape index (κ2) is 23.2. The van der Waals surface area contributed by atoms with Crippen LogP contribution in [0.15, 0.2) is 60.8 Å². The number of ketones is 1. The van der Waals surface area contributed by atoms with Gasteiger partial charge in [-0.25, -0.2) is 14.8 Å². The van der Waals surface area contributed by atoms with Crippen molar-refractivity contribution in [1.82, 2.24) is 30.0 Å². The smallest absolute Gasteiger partial charge is 0.355 e. The first-order valence-corrected chi connectivity index (χ1v) is 30.6. The van der Waals surface area contributed by atoms with Crippen molar-refractivity contribution in [3.63, 3.8) is 0 Å². The normalized spacial score (nSPS) is 22.8. The summed E-state index contributed by atoms with van der Waals surface area (Å²) in [6.45, 7) is 10.7. The minimum Gasteiger partial charge on any atom is -0.476 e. The molecule has 4 N–H and O–H groups in total. The Morgan fingerprint density at radius 3 is 2.37 bits per heavy atom. The summed E-state index contributed by atoms with van der Waals surface area (Å²) < 4.78 is 43.9. The van der Waals surface area contributed by atoms with Gasteiger partial charge in [0, 0.05) is 74.5 Å². The summed E-state index contributed by atoms with van der Waals surface area (Å²) in [6, 6.07) is 17.2. The molecule has 5 aliphatic rings. The number of aromatic carboxylic acids is 1. The summed E-state index contributed by atoms with van der Waals surface area (Å²) in [6.07, 6.45) is 13.2. The van der Waals surface area contributed by atoms with E-state index < -0.39 is 16.1 Å². The Labute approximate surface area is 463 Å². The number of carbonyl (C=O) groups excluding carboxylic acids is 3. The Morgan fingerprint density at radius 2 is 1.63 bits per heavy atom. The van der Waals surface area contributed by atoms with Crippen molar-refractivity contribution in [2.24, 2.45) is 16.2 Å². The highest BCUT2D eigenvalue weighted by molar-refractivity contribution is 14.1. The predicted molar refractivity (Wildman–Crippen MR) is 303 cm³/mol. The second-order valence-electron chi connectivity index (χ2n) is 22.9. The number of unbranched alkanes of at least 4 members (excludes halogenated alkanes) is 3. The lowest BCUT2D eigenvalue weighted by Gasteiger charge is -2.69. The van der Waals surface area contributed by atoms with Gasteiger partial charge in [-0.1, -0.05) is 78.5 Å². The summed E-state index contributed by atoms with van der Waals surface area (Å²) in [7, 11) is -4.17. The Hall–Kier alpha value is -4.87. The van der Waals surface area contributed by atoms with E-state index in [1.807, 2.05) is 98.6 Å². The Kier molecular flexibility index (Phi) is 17.1. The third kappa shape index (κ3) is 13.3. The van der Waals surface area contributed by atoms with Crippen LogP contribution in [-0.2, 0) is 44.0 Å². The van der Waals surface area contributed by atoms with Crippen molar-refractivity contribution in [2.45, 2.75) is 129 Å². The number of halogens is 1. The van der Waals surface area contributed by atoms with Crippen molar-refractivity contribution in [3.05, 3.63) is 88.9 Å². The zero-order valence-corrected chi connectivity index (χ0v) is 47.7. The number of carboxylic acids is 1. The van der Waals surface area contributed by atoms with E-state index in [0.29, 0.717) is 110 Å². The fourth-order valence-corrected chi connectivity index (χ4v) is 15.7. The molecule has 3 aromatic heterocycles. The number of Topliss-reactive ketones (excluding diaryl/α,β-unsaturated/α-hetero) is 1. The van der Waals surface area contributed by atoms with Crippen LogP contribution in [0, 0.1) is 23.2 Å². The molecule has 0 spiro atoms. The van der Waals surface area contributed by atoms with Gasteiger partial charge in [0.1, 0.15) is 11.6 Å². The van der Waals surface area contributed by atoms with Gasteiger partial charge in [-0.15, -0.1) is 0 Å². The lowest BCUT2D eigenvalue weighted by Crippen LogP contribution is -2.64. The molecule has 4 aliphatic carbocycles. The number of benzene rings is 2. The van der Waals surface area contributed by atoms with E-state index in [0.717, 1.165) is 84.8 Å². The van der Waals surface area contributed by atoms with E-state index in [2.05, 4.69) is 29.5 Å². The lowest BCUT2D eigenvalue weighted by molar-refractivity contribution is -0.248. The molecule has 10 rings (SSSR count). The summed E-state index contributed by atoms with van der Waals surface area (Å²) in [4.78, 5) is 64.3. The number of carboxylic acid groups (broad SMARTS) is 1. The monoisotopic (exact) mass is 1190 g/mol. The molecular formula is C56H71IN8O9S2. The fourth-order valence-electron chi connectivity index (χ4n) is 14.1. The highest BCUT2D eigenvalue weighted by Crippen LogP contribution is 2.72.